The molecule has 0 aliphatic carbocycles. The fourth-order valence-corrected chi connectivity index (χ4v) is 3.81. The van der Waals surface area contributed by atoms with Gasteiger partial charge in [-0.3, -0.25) is 9.48 Å². The van der Waals surface area contributed by atoms with Crippen LogP contribution in [0.4, 0.5) is 0 Å². The van der Waals surface area contributed by atoms with E-state index in [1.807, 2.05) is 25.1 Å². The Morgan fingerprint density at radius 3 is 2.63 bits per heavy atom. The minimum Gasteiger partial charge on any atom is -0.339 e. The third-order valence-electron chi connectivity index (χ3n) is 4.94. The van der Waals surface area contributed by atoms with Crippen LogP contribution in [-0.4, -0.2) is 43.8 Å². The number of carbonyl (C=O) groups excluding carboxylic acids is 1. The SMILES string of the molecule is CCn1cc(Cl)c(C(=O)N2CC(c3ccccc3)C(c3nc(C)no3)C2)n1. The Hall–Kier alpha value is -2.67. The molecular weight excluding hydrogens is 366 g/mol. The van der Waals surface area contributed by atoms with Crippen LogP contribution in [-0.2, 0) is 6.54 Å². The fraction of sp³-hybridized carbons (Fsp3) is 0.368. The molecule has 0 bridgehead atoms. The number of aromatic nitrogens is 4. The Morgan fingerprint density at radius 1 is 1.26 bits per heavy atom. The number of carbonyl (C=O) groups is 1. The van der Waals surface area contributed by atoms with Gasteiger partial charge in [-0.25, -0.2) is 0 Å². The number of hydrogen-bond donors (Lipinski definition) is 0. The summed E-state index contributed by atoms with van der Waals surface area (Å²) in [5.74, 6) is 0.978. The normalized spacial score (nSPS) is 19.6. The van der Waals surface area contributed by atoms with Crippen LogP contribution in [0.5, 0.6) is 0 Å². The second kappa shape index (κ2) is 7.15. The van der Waals surface area contributed by atoms with Crippen molar-refractivity contribution in [1.82, 2.24) is 24.8 Å². The Bertz CT molecular complexity index is 952. The molecule has 0 saturated carbocycles. The van der Waals surface area contributed by atoms with Crippen molar-refractivity contribution in [2.75, 3.05) is 13.1 Å². The zero-order chi connectivity index (χ0) is 19.0. The maximum Gasteiger partial charge on any atom is 0.275 e. The monoisotopic (exact) mass is 385 g/mol. The van der Waals surface area contributed by atoms with E-state index in [-0.39, 0.29) is 23.4 Å². The number of rotatable bonds is 4. The molecule has 0 radical (unpaired) electrons. The predicted octanol–water partition coefficient (Wildman–Crippen LogP) is 3.27. The molecule has 3 aromatic rings. The van der Waals surface area contributed by atoms with Crippen LogP contribution >= 0.6 is 11.6 Å². The smallest absolute Gasteiger partial charge is 0.275 e. The quantitative estimate of drug-likeness (QED) is 0.688. The molecular formula is C19H20ClN5O2. The summed E-state index contributed by atoms with van der Waals surface area (Å²) in [4.78, 5) is 19.2. The Labute approximate surface area is 161 Å². The standard InChI is InChI=1S/C19H20ClN5O2/c1-3-25-11-16(20)17(22-25)19(26)24-9-14(13-7-5-4-6-8-13)15(10-24)18-21-12(2)23-27-18/h4-8,11,14-15H,3,9-10H2,1-2H3. The summed E-state index contributed by atoms with van der Waals surface area (Å²) in [6.45, 7) is 5.43. The molecule has 8 heteroatoms. The van der Waals surface area contributed by atoms with Crippen molar-refractivity contribution < 1.29 is 9.32 Å². The van der Waals surface area contributed by atoms with Crippen LogP contribution in [0.15, 0.2) is 41.1 Å². The Balaban J connectivity index is 1.65. The van der Waals surface area contributed by atoms with Gasteiger partial charge in [0.1, 0.15) is 0 Å². The lowest BCUT2D eigenvalue weighted by Crippen LogP contribution is -2.29. The van der Waals surface area contributed by atoms with Gasteiger partial charge in [0.05, 0.1) is 10.9 Å². The number of hydrogen-bond acceptors (Lipinski definition) is 5. The first kappa shape index (κ1) is 17.7. The van der Waals surface area contributed by atoms with E-state index in [1.165, 1.54) is 0 Å². The maximum absolute atomic E-state index is 13.1. The van der Waals surface area contributed by atoms with Crippen molar-refractivity contribution in [1.29, 1.82) is 0 Å². The second-order valence-corrected chi connectivity index (χ2v) is 7.10. The van der Waals surface area contributed by atoms with Gasteiger partial charge >= 0.3 is 0 Å². The van der Waals surface area contributed by atoms with Gasteiger partial charge in [-0.05, 0) is 19.4 Å². The average molecular weight is 386 g/mol. The maximum atomic E-state index is 13.1. The number of benzene rings is 1. The first-order chi connectivity index (χ1) is 13.1. The third-order valence-corrected chi connectivity index (χ3v) is 5.22. The molecule has 3 heterocycles. The largest absolute Gasteiger partial charge is 0.339 e. The zero-order valence-electron chi connectivity index (χ0n) is 15.2. The number of amides is 1. The van der Waals surface area contributed by atoms with E-state index in [0.717, 1.165) is 5.56 Å². The van der Waals surface area contributed by atoms with Gasteiger partial charge in [0.2, 0.25) is 5.89 Å². The Kier molecular flexibility index (Phi) is 4.70. The summed E-state index contributed by atoms with van der Waals surface area (Å²) in [7, 11) is 0. The lowest BCUT2D eigenvalue weighted by Gasteiger charge is -2.15. The molecule has 1 aliphatic heterocycles. The highest BCUT2D eigenvalue weighted by atomic mass is 35.5. The molecule has 7 nitrogen and oxygen atoms in total. The van der Waals surface area contributed by atoms with E-state index in [1.54, 1.807) is 22.7 Å². The first-order valence-electron chi connectivity index (χ1n) is 8.94. The predicted molar refractivity (Wildman–Crippen MR) is 99.8 cm³/mol. The van der Waals surface area contributed by atoms with Crippen molar-refractivity contribution >= 4 is 17.5 Å². The number of likely N-dealkylation sites (tertiary alicyclic amines) is 1. The highest BCUT2D eigenvalue weighted by Crippen LogP contribution is 2.39. The molecule has 4 rings (SSSR count). The molecule has 2 aromatic heterocycles. The van der Waals surface area contributed by atoms with Gasteiger partial charge in [-0.2, -0.15) is 10.1 Å². The molecule has 2 unspecified atom stereocenters. The van der Waals surface area contributed by atoms with Crippen molar-refractivity contribution in [3.8, 4) is 0 Å². The summed E-state index contributed by atoms with van der Waals surface area (Å²) in [5.41, 5.74) is 1.42. The van der Waals surface area contributed by atoms with Crippen LogP contribution < -0.4 is 0 Å². The van der Waals surface area contributed by atoms with Gasteiger partial charge in [-0.1, -0.05) is 47.1 Å². The van der Waals surface area contributed by atoms with Crippen LogP contribution in [0.3, 0.4) is 0 Å². The Morgan fingerprint density at radius 2 is 2.00 bits per heavy atom. The van der Waals surface area contributed by atoms with Crippen molar-refractivity contribution in [3.63, 3.8) is 0 Å². The fourth-order valence-electron chi connectivity index (χ4n) is 3.58. The lowest BCUT2D eigenvalue weighted by atomic mass is 9.89. The zero-order valence-corrected chi connectivity index (χ0v) is 15.9. The van der Waals surface area contributed by atoms with Crippen LogP contribution in [0.25, 0.3) is 0 Å². The van der Waals surface area contributed by atoms with E-state index in [9.17, 15) is 4.79 Å². The van der Waals surface area contributed by atoms with Gasteiger partial charge in [0.15, 0.2) is 11.5 Å². The van der Waals surface area contributed by atoms with Crippen molar-refractivity contribution in [3.05, 3.63) is 64.5 Å². The summed E-state index contributed by atoms with van der Waals surface area (Å²) in [6.07, 6.45) is 1.68. The van der Waals surface area contributed by atoms with Gasteiger partial charge < -0.3 is 9.42 Å². The molecule has 1 aliphatic rings. The molecule has 0 N–H and O–H groups in total. The van der Waals surface area contributed by atoms with Gasteiger partial charge in [0.25, 0.3) is 5.91 Å². The van der Waals surface area contributed by atoms with E-state index < -0.39 is 0 Å². The van der Waals surface area contributed by atoms with Crippen LogP contribution in [0.2, 0.25) is 5.02 Å². The molecule has 27 heavy (non-hydrogen) atoms. The molecule has 140 valence electrons. The lowest BCUT2D eigenvalue weighted by molar-refractivity contribution is 0.0781. The topological polar surface area (TPSA) is 77.0 Å². The molecule has 0 spiro atoms. The number of aryl methyl sites for hydroxylation is 2. The highest BCUT2D eigenvalue weighted by molar-refractivity contribution is 6.33. The number of nitrogens with zero attached hydrogens (tertiary/aromatic N) is 5. The molecule has 1 aromatic carbocycles. The third kappa shape index (κ3) is 3.35. The van der Waals surface area contributed by atoms with Gasteiger partial charge in [-0.15, -0.1) is 0 Å². The summed E-state index contributed by atoms with van der Waals surface area (Å²) >= 11 is 6.24. The van der Waals surface area contributed by atoms with E-state index in [2.05, 4.69) is 27.4 Å². The van der Waals surface area contributed by atoms with E-state index >= 15 is 0 Å². The van der Waals surface area contributed by atoms with Crippen LogP contribution in [0, 0.1) is 6.92 Å². The molecule has 2 atom stereocenters. The van der Waals surface area contributed by atoms with E-state index in [0.29, 0.717) is 36.4 Å². The van der Waals surface area contributed by atoms with Crippen molar-refractivity contribution in [2.24, 2.45) is 0 Å². The first-order valence-corrected chi connectivity index (χ1v) is 9.32. The minimum atomic E-state index is -0.174. The van der Waals surface area contributed by atoms with Crippen LogP contribution in [0.1, 0.15) is 46.5 Å². The van der Waals surface area contributed by atoms with E-state index in [4.69, 9.17) is 16.1 Å². The average Bonchev–Trinajstić information content (AvgIpc) is 3.39. The highest BCUT2D eigenvalue weighted by Gasteiger charge is 2.41. The molecule has 1 saturated heterocycles. The second-order valence-electron chi connectivity index (χ2n) is 6.69. The minimum absolute atomic E-state index is 0.0652. The summed E-state index contributed by atoms with van der Waals surface area (Å²) in [6, 6.07) is 10.1. The summed E-state index contributed by atoms with van der Waals surface area (Å²) < 4.78 is 7.10. The molecule has 1 fully saturated rings. The number of halogens is 1. The molecule has 1 amide bonds. The van der Waals surface area contributed by atoms with Crippen molar-refractivity contribution in [2.45, 2.75) is 32.2 Å². The summed E-state index contributed by atoms with van der Waals surface area (Å²) in [5, 5.41) is 8.60. The van der Waals surface area contributed by atoms with Gasteiger partial charge in [0, 0.05) is 31.7 Å².